The molecular formula is C12H12BN. The number of rotatable bonds is 1. The summed E-state index contributed by atoms with van der Waals surface area (Å²) in [5, 5.41) is 0. The number of aromatic nitrogens is 1. The standard InChI is InChI=1S/C12H12BN/c1-9-3-2-4-12(14-9)10-5-7-11(13)8-6-10/h2-8H,13H2,1H3. The number of aryl methyl sites for hydroxylation is 1. The second-order valence-electron chi connectivity index (χ2n) is 3.53. The summed E-state index contributed by atoms with van der Waals surface area (Å²) in [5.74, 6) is 0. The van der Waals surface area contributed by atoms with E-state index < -0.39 is 0 Å². The van der Waals surface area contributed by atoms with Gasteiger partial charge in [-0.1, -0.05) is 35.8 Å². The zero-order valence-electron chi connectivity index (χ0n) is 8.49. The van der Waals surface area contributed by atoms with E-state index in [-0.39, 0.29) is 0 Å². The number of nitrogens with zero attached hydrogens (tertiary/aromatic N) is 1. The van der Waals surface area contributed by atoms with Gasteiger partial charge in [0, 0.05) is 11.3 Å². The Labute approximate surface area is 85.2 Å². The zero-order valence-corrected chi connectivity index (χ0v) is 8.49. The maximum absolute atomic E-state index is 4.47. The quantitative estimate of drug-likeness (QED) is 0.604. The Bertz CT molecular complexity index is 434. The highest BCUT2D eigenvalue weighted by atomic mass is 14.7. The molecular weight excluding hydrogens is 169 g/mol. The fraction of sp³-hybridized carbons (Fsp3) is 0.0833. The lowest BCUT2D eigenvalue weighted by Gasteiger charge is -2.02. The summed E-state index contributed by atoms with van der Waals surface area (Å²) >= 11 is 0. The van der Waals surface area contributed by atoms with Gasteiger partial charge in [0.15, 0.2) is 0 Å². The first-order chi connectivity index (χ1) is 6.75. The number of hydrogen-bond acceptors (Lipinski definition) is 1. The van der Waals surface area contributed by atoms with Crippen molar-refractivity contribution in [3.63, 3.8) is 0 Å². The molecule has 0 radical (unpaired) electrons. The van der Waals surface area contributed by atoms with Crippen molar-refractivity contribution in [1.29, 1.82) is 0 Å². The van der Waals surface area contributed by atoms with Crippen molar-refractivity contribution in [1.82, 2.24) is 4.98 Å². The molecule has 0 bridgehead atoms. The highest BCUT2D eigenvalue weighted by molar-refractivity contribution is 6.32. The first-order valence-electron chi connectivity index (χ1n) is 4.76. The van der Waals surface area contributed by atoms with Crippen LogP contribution < -0.4 is 5.46 Å². The molecule has 0 aliphatic carbocycles. The zero-order chi connectivity index (χ0) is 9.97. The lowest BCUT2D eigenvalue weighted by molar-refractivity contribution is 1.21. The third kappa shape index (κ3) is 1.85. The van der Waals surface area contributed by atoms with E-state index in [0.29, 0.717) is 0 Å². The maximum Gasteiger partial charge on any atom is 0.139 e. The summed E-state index contributed by atoms with van der Waals surface area (Å²) in [6.07, 6.45) is 0. The molecule has 1 aromatic carbocycles. The summed E-state index contributed by atoms with van der Waals surface area (Å²) in [7, 11) is 2.09. The predicted octanol–water partition coefficient (Wildman–Crippen LogP) is 1.32. The molecule has 68 valence electrons. The van der Waals surface area contributed by atoms with Gasteiger partial charge in [-0.15, -0.1) is 0 Å². The first kappa shape index (κ1) is 9.01. The van der Waals surface area contributed by atoms with Crippen molar-refractivity contribution < 1.29 is 0 Å². The van der Waals surface area contributed by atoms with Crippen molar-refractivity contribution in [2.75, 3.05) is 0 Å². The SMILES string of the molecule is Bc1ccc(-c2cccc(C)n2)cc1. The fourth-order valence-electron chi connectivity index (χ4n) is 1.43. The Hall–Kier alpha value is -1.57. The van der Waals surface area contributed by atoms with Gasteiger partial charge < -0.3 is 0 Å². The first-order valence-corrected chi connectivity index (χ1v) is 4.76. The molecule has 0 saturated heterocycles. The van der Waals surface area contributed by atoms with Crippen molar-refractivity contribution in [2.24, 2.45) is 0 Å². The molecule has 1 heterocycles. The highest BCUT2D eigenvalue weighted by Crippen LogP contribution is 2.15. The molecule has 0 aliphatic heterocycles. The molecule has 0 N–H and O–H groups in total. The third-order valence-electron chi connectivity index (χ3n) is 2.24. The Kier molecular flexibility index (Phi) is 2.36. The maximum atomic E-state index is 4.47. The molecule has 1 aromatic heterocycles. The minimum Gasteiger partial charge on any atom is -0.253 e. The molecule has 2 heteroatoms. The van der Waals surface area contributed by atoms with E-state index >= 15 is 0 Å². The Balaban J connectivity index is 2.44. The minimum atomic E-state index is 1.05. The number of pyridine rings is 1. The number of hydrogen-bond donors (Lipinski definition) is 0. The van der Waals surface area contributed by atoms with E-state index in [2.05, 4.69) is 37.1 Å². The smallest absolute Gasteiger partial charge is 0.139 e. The molecule has 0 unspecified atom stereocenters. The fourth-order valence-corrected chi connectivity index (χ4v) is 1.43. The van der Waals surface area contributed by atoms with Crippen LogP contribution in [0, 0.1) is 6.92 Å². The highest BCUT2D eigenvalue weighted by Gasteiger charge is 1.97. The molecule has 0 spiro atoms. The summed E-state index contributed by atoms with van der Waals surface area (Å²) in [4.78, 5) is 4.47. The van der Waals surface area contributed by atoms with Crippen molar-refractivity contribution in [3.8, 4) is 11.3 Å². The van der Waals surface area contributed by atoms with Crippen LogP contribution in [-0.2, 0) is 0 Å². The van der Waals surface area contributed by atoms with Gasteiger partial charge in [0.25, 0.3) is 0 Å². The summed E-state index contributed by atoms with van der Waals surface area (Å²) in [6, 6.07) is 14.5. The molecule has 0 aliphatic rings. The van der Waals surface area contributed by atoms with Crippen LogP contribution in [0.1, 0.15) is 5.69 Å². The lowest BCUT2D eigenvalue weighted by Crippen LogP contribution is -1.99. The second kappa shape index (κ2) is 3.66. The monoisotopic (exact) mass is 181 g/mol. The van der Waals surface area contributed by atoms with Crippen molar-refractivity contribution >= 4 is 13.3 Å². The van der Waals surface area contributed by atoms with Crippen LogP contribution in [0.3, 0.4) is 0 Å². The Morgan fingerprint density at radius 1 is 1.00 bits per heavy atom. The van der Waals surface area contributed by atoms with Gasteiger partial charge in [-0.05, 0) is 19.1 Å². The van der Waals surface area contributed by atoms with E-state index in [9.17, 15) is 0 Å². The average molecular weight is 181 g/mol. The Morgan fingerprint density at radius 2 is 1.71 bits per heavy atom. The molecule has 2 aromatic rings. The van der Waals surface area contributed by atoms with Crippen LogP contribution >= 0.6 is 0 Å². The summed E-state index contributed by atoms with van der Waals surface area (Å²) < 4.78 is 0. The van der Waals surface area contributed by atoms with Gasteiger partial charge in [0.2, 0.25) is 0 Å². The van der Waals surface area contributed by atoms with E-state index in [1.807, 2.05) is 25.1 Å². The topological polar surface area (TPSA) is 12.9 Å². The molecule has 0 fully saturated rings. The van der Waals surface area contributed by atoms with E-state index in [0.717, 1.165) is 11.4 Å². The Morgan fingerprint density at radius 3 is 2.36 bits per heavy atom. The molecule has 0 saturated carbocycles. The molecule has 0 atom stereocenters. The minimum absolute atomic E-state index is 1.05. The van der Waals surface area contributed by atoms with Gasteiger partial charge in [-0.25, -0.2) is 0 Å². The van der Waals surface area contributed by atoms with Gasteiger partial charge in [0.1, 0.15) is 7.85 Å². The summed E-state index contributed by atoms with van der Waals surface area (Å²) in [5.41, 5.74) is 4.56. The van der Waals surface area contributed by atoms with Crippen LogP contribution in [0.5, 0.6) is 0 Å². The van der Waals surface area contributed by atoms with Gasteiger partial charge in [-0.3, -0.25) is 4.98 Å². The van der Waals surface area contributed by atoms with E-state index in [1.165, 1.54) is 11.0 Å². The van der Waals surface area contributed by atoms with Crippen LogP contribution in [0.2, 0.25) is 0 Å². The lowest BCUT2D eigenvalue weighted by atomic mass is 9.95. The van der Waals surface area contributed by atoms with E-state index in [1.54, 1.807) is 0 Å². The largest absolute Gasteiger partial charge is 0.253 e. The normalized spacial score (nSPS) is 10.1. The van der Waals surface area contributed by atoms with Crippen LogP contribution in [0.15, 0.2) is 42.5 Å². The molecule has 1 nitrogen and oxygen atoms in total. The van der Waals surface area contributed by atoms with Gasteiger partial charge in [-0.2, -0.15) is 0 Å². The van der Waals surface area contributed by atoms with Gasteiger partial charge in [0.05, 0.1) is 5.69 Å². The third-order valence-corrected chi connectivity index (χ3v) is 2.24. The van der Waals surface area contributed by atoms with Gasteiger partial charge >= 0.3 is 0 Å². The second-order valence-corrected chi connectivity index (χ2v) is 3.53. The van der Waals surface area contributed by atoms with Crippen LogP contribution in [0.25, 0.3) is 11.3 Å². The van der Waals surface area contributed by atoms with Crippen molar-refractivity contribution in [2.45, 2.75) is 6.92 Å². The van der Waals surface area contributed by atoms with E-state index in [4.69, 9.17) is 0 Å². The van der Waals surface area contributed by atoms with Crippen LogP contribution in [-0.4, -0.2) is 12.8 Å². The molecule has 2 rings (SSSR count). The average Bonchev–Trinajstić information content (AvgIpc) is 2.19. The summed E-state index contributed by atoms with van der Waals surface area (Å²) in [6.45, 7) is 2.01. The predicted molar refractivity (Wildman–Crippen MR) is 62.6 cm³/mol. The molecule has 14 heavy (non-hydrogen) atoms. The number of benzene rings is 1. The van der Waals surface area contributed by atoms with Crippen LogP contribution in [0.4, 0.5) is 0 Å². The molecule has 0 amide bonds. The van der Waals surface area contributed by atoms with Crippen molar-refractivity contribution in [3.05, 3.63) is 48.2 Å².